The first-order valence-electron chi connectivity index (χ1n) is 9.42. The highest BCUT2D eigenvalue weighted by atomic mass is 19.4. The standard InChI is InChI=1S/C20H17F3N2O8/c1-3-6-30-14-8-16(33-15(14)10-32-11(2)26)24-9-12(20(21,22)23)17(27)25(19(24)29)18(28)13-5-4-7-31-13/h1,4-5,7,9,14-16H,6,8,10H2,2H3/t14-,15+,16+/m0/s1. The first kappa shape index (κ1) is 24.0. The van der Waals surface area contributed by atoms with E-state index in [-0.39, 0.29) is 30.4 Å². The van der Waals surface area contributed by atoms with Crippen LogP contribution in [0.4, 0.5) is 13.2 Å². The second kappa shape index (κ2) is 9.47. The number of terminal acetylenes is 1. The van der Waals surface area contributed by atoms with Gasteiger partial charge in [-0.1, -0.05) is 5.92 Å². The minimum absolute atomic E-state index is 0.179. The number of hydrogen-bond donors (Lipinski definition) is 0. The molecule has 0 amide bonds. The Morgan fingerprint density at radius 1 is 1.33 bits per heavy atom. The van der Waals surface area contributed by atoms with Crippen LogP contribution in [0.3, 0.4) is 0 Å². The quantitative estimate of drug-likeness (QED) is 0.456. The summed E-state index contributed by atoms with van der Waals surface area (Å²) in [6, 6.07) is 2.35. The van der Waals surface area contributed by atoms with Crippen molar-refractivity contribution in [3.63, 3.8) is 0 Å². The van der Waals surface area contributed by atoms with Crippen molar-refractivity contribution < 1.29 is 41.4 Å². The third-order valence-corrected chi connectivity index (χ3v) is 4.68. The van der Waals surface area contributed by atoms with E-state index in [1.54, 1.807) is 0 Å². The molecular weight excluding hydrogens is 453 g/mol. The summed E-state index contributed by atoms with van der Waals surface area (Å²) in [5, 5.41) is 0. The molecule has 0 aromatic carbocycles. The van der Waals surface area contributed by atoms with Gasteiger partial charge >= 0.3 is 23.7 Å². The van der Waals surface area contributed by atoms with Gasteiger partial charge in [-0.2, -0.15) is 17.7 Å². The van der Waals surface area contributed by atoms with Crippen LogP contribution in [-0.4, -0.2) is 46.4 Å². The maximum Gasteiger partial charge on any atom is 0.423 e. The van der Waals surface area contributed by atoms with Gasteiger partial charge in [-0.15, -0.1) is 6.42 Å². The molecule has 0 radical (unpaired) electrons. The van der Waals surface area contributed by atoms with E-state index < -0.39 is 59.1 Å². The van der Waals surface area contributed by atoms with Gasteiger partial charge in [-0.3, -0.25) is 19.0 Å². The summed E-state index contributed by atoms with van der Waals surface area (Å²) in [6.07, 6.45) is -2.10. The summed E-state index contributed by atoms with van der Waals surface area (Å²) < 4.78 is 61.6. The maximum atomic E-state index is 13.6. The van der Waals surface area contributed by atoms with Gasteiger partial charge in [0.05, 0.1) is 12.4 Å². The number of carbonyl (C=O) groups is 2. The van der Waals surface area contributed by atoms with Crippen LogP contribution in [0.2, 0.25) is 0 Å². The Morgan fingerprint density at radius 2 is 2.06 bits per heavy atom. The number of carbonyl (C=O) groups excluding carboxylic acids is 2. The maximum absolute atomic E-state index is 13.6. The van der Waals surface area contributed by atoms with Crippen molar-refractivity contribution in [2.75, 3.05) is 13.2 Å². The third kappa shape index (κ3) is 5.07. The monoisotopic (exact) mass is 470 g/mol. The fourth-order valence-corrected chi connectivity index (χ4v) is 3.21. The lowest BCUT2D eigenvalue weighted by Crippen LogP contribution is -2.47. The second-order valence-electron chi connectivity index (χ2n) is 6.87. The Kier molecular flexibility index (Phi) is 6.89. The van der Waals surface area contributed by atoms with E-state index in [9.17, 15) is 32.3 Å². The number of alkyl halides is 3. The summed E-state index contributed by atoms with van der Waals surface area (Å²) in [4.78, 5) is 49.1. The molecule has 3 atom stereocenters. The van der Waals surface area contributed by atoms with E-state index in [0.29, 0.717) is 4.57 Å². The van der Waals surface area contributed by atoms with Crippen LogP contribution in [0, 0.1) is 12.3 Å². The van der Waals surface area contributed by atoms with Crippen molar-refractivity contribution in [2.45, 2.75) is 38.0 Å². The highest BCUT2D eigenvalue weighted by Gasteiger charge is 2.42. The Hall–Kier alpha value is -3.63. The molecule has 0 N–H and O–H groups in total. The highest BCUT2D eigenvalue weighted by Crippen LogP contribution is 2.32. The number of ether oxygens (including phenoxy) is 3. The number of furan rings is 1. The van der Waals surface area contributed by atoms with Crippen molar-refractivity contribution in [3.8, 4) is 12.3 Å². The van der Waals surface area contributed by atoms with Gasteiger partial charge in [0.15, 0.2) is 5.76 Å². The Bertz CT molecular complexity index is 1190. The van der Waals surface area contributed by atoms with Crippen LogP contribution >= 0.6 is 0 Å². The lowest BCUT2D eigenvalue weighted by atomic mass is 10.2. The minimum Gasteiger partial charge on any atom is -0.463 e. The number of esters is 1. The first-order valence-corrected chi connectivity index (χ1v) is 9.42. The molecule has 0 spiro atoms. The lowest BCUT2D eigenvalue weighted by Gasteiger charge is -2.19. The van der Waals surface area contributed by atoms with Crippen LogP contribution in [-0.2, 0) is 25.2 Å². The van der Waals surface area contributed by atoms with Crippen molar-refractivity contribution in [1.82, 2.24) is 9.13 Å². The molecule has 33 heavy (non-hydrogen) atoms. The summed E-state index contributed by atoms with van der Waals surface area (Å²) >= 11 is 0. The Balaban J connectivity index is 2.08. The van der Waals surface area contributed by atoms with Crippen LogP contribution < -0.4 is 11.2 Å². The molecule has 3 heterocycles. The number of nitrogens with zero attached hydrogens (tertiary/aromatic N) is 2. The van der Waals surface area contributed by atoms with Crippen molar-refractivity contribution in [1.29, 1.82) is 0 Å². The fraction of sp³-hybridized carbons (Fsp3) is 0.400. The summed E-state index contributed by atoms with van der Waals surface area (Å²) in [6.45, 7) is 0.628. The van der Waals surface area contributed by atoms with Gasteiger partial charge < -0.3 is 18.6 Å². The van der Waals surface area contributed by atoms with Crippen LogP contribution in [0.5, 0.6) is 0 Å². The van der Waals surface area contributed by atoms with Gasteiger partial charge in [0, 0.05) is 19.5 Å². The zero-order chi connectivity index (χ0) is 24.3. The fourth-order valence-electron chi connectivity index (χ4n) is 3.21. The molecule has 1 saturated heterocycles. The summed E-state index contributed by atoms with van der Waals surface area (Å²) in [5.41, 5.74) is -5.02. The number of aromatic nitrogens is 2. The minimum atomic E-state index is -5.19. The van der Waals surface area contributed by atoms with E-state index in [0.717, 1.165) is 19.3 Å². The number of halogens is 3. The third-order valence-electron chi connectivity index (χ3n) is 4.68. The van der Waals surface area contributed by atoms with E-state index in [1.807, 2.05) is 0 Å². The van der Waals surface area contributed by atoms with Crippen LogP contribution in [0.15, 0.2) is 38.6 Å². The Morgan fingerprint density at radius 3 is 2.64 bits per heavy atom. The summed E-state index contributed by atoms with van der Waals surface area (Å²) in [5.74, 6) is -0.331. The number of hydrogen-bond acceptors (Lipinski definition) is 8. The van der Waals surface area contributed by atoms with Crippen molar-refractivity contribution in [3.05, 3.63) is 56.8 Å². The molecule has 2 aromatic heterocycles. The molecule has 0 unspecified atom stereocenters. The van der Waals surface area contributed by atoms with E-state index in [1.165, 1.54) is 6.07 Å². The van der Waals surface area contributed by atoms with E-state index in [2.05, 4.69) is 5.92 Å². The van der Waals surface area contributed by atoms with Gasteiger partial charge in [0.25, 0.3) is 5.56 Å². The SMILES string of the molecule is C#CCO[C@H]1C[C@H](n2cc(C(F)(F)F)c(=O)n(C(=O)c3ccco3)c2=O)O[C@@H]1COC(C)=O. The van der Waals surface area contributed by atoms with Gasteiger partial charge in [0.2, 0.25) is 0 Å². The molecule has 0 aliphatic carbocycles. The van der Waals surface area contributed by atoms with Crippen molar-refractivity contribution >= 4 is 11.9 Å². The molecule has 0 saturated carbocycles. The molecule has 1 aliphatic heterocycles. The molecule has 1 aliphatic rings. The van der Waals surface area contributed by atoms with Crippen LogP contribution in [0.1, 0.15) is 35.7 Å². The molecule has 10 nitrogen and oxygen atoms in total. The average Bonchev–Trinajstić information content (AvgIpc) is 3.40. The topological polar surface area (TPSA) is 119 Å². The second-order valence-corrected chi connectivity index (χ2v) is 6.87. The predicted octanol–water partition coefficient (Wildman–Crippen LogP) is 1.18. The predicted molar refractivity (Wildman–Crippen MR) is 102 cm³/mol. The lowest BCUT2D eigenvalue weighted by molar-refractivity contribution is -0.148. The van der Waals surface area contributed by atoms with E-state index in [4.69, 9.17) is 25.1 Å². The Labute approximate surface area is 183 Å². The molecule has 2 aromatic rings. The average molecular weight is 470 g/mol. The van der Waals surface area contributed by atoms with Gasteiger partial charge in [-0.05, 0) is 12.1 Å². The van der Waals surface area contributed by atoms with Crippen LogP contribution in [0.25, 0.3) is 0 Å². The first-order chi connectivity index (χ1) is 15.5. The van der Waals surface area contributed by atoms with E-state index >= 15 is 0 Å². The molecule has 1 fully saturated rings. The highest BCUT2D eigenvalue weighted by molar-refractivity contribution is 5.93. The largest absolute Gasteiger partial charge is 0.463 e. The van der Waals surface area contributed by atoms with Crippen molar-refractivity contribution in [2.24, 2.45) is 0 Å². The molecule has 13 heteroatoms. The van der Waals surface area contributed by atoms with Gasteiger partial charge in [0.1, 0.15) is 31.1 Å². The smallest absolute Gasteiger partial charge is 0.423 e. The molecule has 0 bridgehead atoms. The summed E-state index contributed by atoms with van der Waals surface area (Å²) in [7, 11) is 0. The van der Waals surface area contributed by atoms with Gasteiger partial charge in [-0.25, -0.2) is 4.79 Å². The molecular formula is C20H17F3N2O8. The zero-order valence-corrected chi connectivity index (χ0v) is 17.0. The molecule has 176 valence electrons. The molecule has 3 rings (SSSR count). The normalized spacial score (nSPS) is 20.4. The number of rotatable bonds is 6. The zero-order valence-electron chi connectivity index (χ0n) is 17.0.